The van der Waals surface area contributed by atoms with Gasteiger partial charge in [-0.05, 0) is 12.1 Å². The molecular weight excluding hydrogens is 298 g/mol. The molecule has 3 rings (SSSR count). The second kappa shape index (κ2) is 6.22. The molecule has 0 aliphatic rings. The van der Waals surface area contributed by atoms with Gasteiger partial charge in [-0.25, -0.2) is 4.79 Å². The Morgan fingerprint density at radius 3 is 2.87 bits per heavy atom. The van der Waals surface area contributed by atoms with Gasteiger partial charge in [0.15, 0.2) is 0 Å². The monoisotopic (exact) mass is 311 g/mol. The van der Waals surface area contributed by atoms with Crippen molar-refractivity contribution in [1.82, 2.24) is 25.1 Å². The molecule has 0 saturated carbocycles. The Labute approximate surface area is 130 Å². The first-order valence-electron chi connectivity index (χ1n) is 6.80. The van der Waals surface area contributed by atoms with Crippen molar-refractivity contribution in [3.63, 3.8) is 0 Å². The van der Waals surface area contributed by atoms with Gasteiger partial charge < -0.3 is 9.73 Å². The molecule has 3 aromatic rings. The fraction of sp³-hybridized carbons (Fsp3) is 0.133. The van der Waals surface area contributed by atoms with Crippen molar-refractivity contribution in [1.29, 1.82) is 0 Å². The van der Waals surface area contributed by atoms with Crippen molar-refractivity contribution in [2.45, 2.75) is 6.54 Å². The molecule has 8 heteroatoms. The maximum absolute atomic E-state index is 12.0. The summed E-state index contributed by atoms with van der Waals surface area (Å²) in [7, 11) is 1.78. The van der Waals surface area contributed by atoms with Crippen molar-refractivity contribution < 1.29 is 9.21 Å². The molecule has 0 fully saturated rings. The fourth-order valence-corrected chi connectivity index (χ4v) is 1.99. The third-order valence-corrected chi connectivity index (χ3v) is 3.20. The maximum Gasteiger partial charge on any atom is 0.335 e. The predicted molar refractivity (Wildman–Crippen MR) is 80.4 cm³/mol. The highest BCUT2D eigenvalue weighted by atomic mass is 16.4. The van der Waals surface area contributed by atoms with Crippen LogP contribution >= 0.6 is 0 Å². The molecule has 0 unspecified atom stereocenters. The number of nitrogens with zero attached hydrogens (tertiary/aromatic N) is 4. The van der Waals surface area contributed by atoms with Crippen molar-refractivity contribution in [3.05, 3.63) is 64.7 Å². The second-order valence-electron chi connectivity index (χ2n) is 4.76. The largest absolute Gasteiger partial charge is 0.430 e. The standard InChI is InChI=1S/C15H13N5O3/c1-20-11(6-12(19-20)13-8-16-4-5-17-13)7-18-15(22)10-2-3-14(21)23-9-10/h2-6,8-9H,7H2,1H3,(H,18,22). The van der Waals surface area contributed by atoms with Gasteiger partial charge in [0, 0.05) is 25.5 Å². The van der Waals surface area contributed by atoms with Crippen LogP contribution in [0.2, 0.25) is 0 Å². The van der Waals surface area contributed by atoms with Crippen LogP contribution in [-0.4, -0.2) is 25.7 Å². The summed E-state index contributed by atoms with van der Waals surface area (Å²) < 4.78 is 6.33. The third kappa shape index (κ3) is 3.31. The van der Waals surface area contributed by atoms with Crippen molar-refractivity contribution in [2.75, 3.05) is 0 Å². The summed E-state index contributed by atoms with van der Waals surface area (Å²) in [6.07, 6.45) is 5.93. The van der Waals surface area contributed by atoms with Gasteiger partial charge in [0.1, 0.15) is 17.7 Å². The quantitative estimate of drug-likeness (QED) is 0.763. The lowest BCUT2D eigenvalue weighted by Crippen LogP contribution is -2.24. The summed E-state index contributed by atoms with van der Waals surface area (Å²) in [5, 5.41) is 7.09. The Hall–Kier alpha value is -3.29. The van der Waals surface area contributed by atoms with Crippen LogP contribution in [0.25, 0.3) is 11.4 Å². The van der Waals surface area contributed by atoms with E-state index in [0.717, 1.165) is 12.0 Å². The molecule has 0 aliphatic heterocycles. The van der Waals surface area contributed by atoms with Crippen molar-refractivity contribution in [3.8, 4) is 11.4 Å². The SMILES string of the molecule is Cn1nc(-c2cnccn2)cc1CNC(=O)c1ccc(=O)oc1. The van der Waals surface area contributed by atoms with Gasteiger partial charge in [0.2, 0.25) is 0 Å². The molecule has 0 saturated heterocycles. The Morgan fingerprint density at radius 1 is 1.30 bits per heavy atom. The number of carbonyl (C=O) groups excluding carboxylic acids is 1. The average Bonchev–Trinajstić information content (AvgIpc) is 2.95. The predicted octanol–water partition coefficient (Wildman–Crippen LogP) is 0.760. The van der Waals surface area contributed by atoms with E-state index in [4.69, 9.17) is 0 Å². The molecule has 0 spiro atoms. The van der Waals surface area contributed by atoms with Gasteiger partial charge in [0.05, 0.1) is 24.0 Å². The van der Waals surface area contributed by atoms with Crippen LogP contribution in [0.3, 0.4) is 0 Å². The van der Waals surface area contributed by atoms with Crippen LogP contribution in [0.15, 0.2) is 52.3 Å². The molecule has 1 amide bonds. The van der Waals surface area contributed by atoms with E-state index in [1.165, 1.54) is 12.1 Å². The fourth-order valence-electron chi connectivity index (χ4n) is 1.99. The molecule has 8 nitrogen and oxygen atoms in total. The molecular formula is C15H13N5O3. The molecule has 3 heterocycles. The average molecular weight is 311 g/mol. The first kappa shape index (κ1) is 14.6. The molecule has 3 aromatic heterocycles. The normalized spacial score (nSPS) is 10.5. The Bertz CT molecular complexity index is 865. The summed E-state index contributed by atoms with van der Waals surface area (Å²) in [5.74, 6) is -0.337. The summed E-state index contributed by atoms with van der Waals surface area (Å²) in [4.78, 5) is 31.1. The minimum Gasteiger partial charge on any atom is -0.430 e. The van der Waals surface area contributed by atoms with Gasteiger partial charge in [-0.15, -0.1) is 0 Å². The number of nitrogens with one attached hydrogen (secondary N) is 1. The zero-order chi connectivity index (χ0) is 16.2. The maximum atomic E-state index is 12.0. The van der Waals surface area contributed by atoms with E-state index in [2.05, 4.69) is 24.8 Å². The smallest absolute Gasteiger partial charge is 0.335 e. The van der Waals surface area contributed by atoms with Crippen LogP contribution in [0.4, 0.5) is 0 Å². The molecule has 0 aliphatic carbocycles. The Morgan fingerprint density at radius 2 is 2.17 bits per heavy atom. The van der Waals surface area contributed by atoms with Crippen molar-refractivity contribution >= 4 is 5.91 Å². The van der Waals surface area contributed by atoms with Crippen LogP contribution in [0.1, 0.15) is 16.1 Å². The van der Waals surface area contributed by atoms with Crippen molar-refractivity contribution in [2.24, 2.45) is 7.05 Å². The number of amides is 1. The molecule has 0 radical (unpaired) electrons. The minimum absolute atomic E-state index is 0.279. The van der Waals surface area contributed by atoms with E-state index in [-0.39, 0.29) is 18.0 Å². The minimum atomic E-state index is -0.498. The highest BCUT2D eigenvalue weighted by molar-refractivity contribution is 5.93. The summed E-state index contributed by atoms with van der Waals surface area (Å²) >= 11 is 0. The van der Waals surface area contributed by atoms with Crippen LogP contribution in [0.5, 0.6) is 0 Å². The Balaban J connectivity index is 1.71. The summed E-state index contributed by atoms with van der Waals surface area (Å²) in [5.41, 5.74) is 1.92. The van der Waals surface area contributed by atoms with Gasteiger partial charge in [-0.3, -0.25) is 19.4 Å². The van der Waals surface area contributed by atoms with E-state index in [1.54, 1.807) is 30.3 Å². The lowest BCUT2D eigenvalue weighted by Gasteiger charge is -2.04. The van der Waals surface area contributed by atoms with E-state index < -0.39 is 5.63 Å². The molecule has 0 aromatic carbocycles. The lowest BCUT2D eigenvalue weighted by atomic mass is 10.2. The first-order valence-corrected chi connectivity index (χ1v) is 6.80. The molecule has 0 atom stereocenters. The van der Waals surface area contributed by atoms with Gasteiger partial charge in [0.25, 0.3) is 5.91 Å². The van der Waals surface area contributed by atoms with Crippen LogP contribution in [-0.2, 0) is 13.6 Å². The number of hydrogen-bond acceptors (Lipinski definition) is 6. The lowest BCUT2D eigenvalue weighted by molar-refractivity contribution is 0.0947. The highest BCUT2D eigenvalue weighted by Gasteiger charge is 2.11. The summed E-state index contributed by atoms with van der Waals surface area (Å²) in [6.45, 7) is 0.279. The van der Waals surface area contributed by atoms with Gasteiger partial charge >= 0.3 is 5.63 Å². The van der Waals surface area contributed by atoms with E-state index in [0.29, 0.717) is 11.4 Å². The van der Waals surface area contributed by atoms with Crippen LogP contribution < -0.4 is 10.9 Å². The van der Waals surface area contributed by atoms with Crippen LogP contribution in [0, 0.1) is 0 Å². The molecule has 116 valence electrons. The third-order valence-electron chi connectivity index (χ3n) is 3.20. The first-order chi connectivity index (χ1) is 11.1. The van der Waals surface area contributed by atoms with E-state index >= 15 is 0 Å². The number of carbonyl (C=O) groups is 1. The number of rotatable bonds is 4. The molecule has 1 N–H and O–H groups in total. The van der Waals surface area contributed by atoms with E-state index in [1.807, 2.05) is 6.07 Å². The number of hydrogen-bond donors (Lipinski definition) is 1. The molecule has 23 heavy (non-hydrogen) atoms. The van der Waals surface area contributed by atoms with Gasteiger partial charge in [-0.1, -0.05) is 0 Å². The van der Waals surface area contributed by atoms with Gasteiger partial charge in [-0.2, -0.15) is 5.10 Å². The number of aryl methyl sites for hydroxylation is 1. The summed E-state index contributed by atoms with van der Waals surface area (Å²) in [6, 6.07) is 4.44. The van der Waals surface area contributed by atoms with E-state index in [9.17, 15) is 9.59 Å². The second-order valence-corrected chi connectivity index (χ2v) is 4.76. The zero-order valence-electron chi connectivity index (χ0n) is 12.3. The Kier molecular flexibility index (Phi) is 3.96. The topological polar surface area (TPSA) is 103 Å². The zero-order valence-corrected chi connectivity index (χ0v) is 12.3. The number of aromatic nitrogens is 4. The highest BCUT2D eigenvalue weighted by Crippen LogP contribution is 2.14. The molecule has 0 bridgehead atoms.